The van der Waals surface area contributed by atoms with Crippen LogP contribution in [-0.4, -0.2) is 39.9 Å². The van der Waals surface area contributed by atoms with E-state index in [4.69, 9.17) is 0 Å². The summed E-state index contributed by atoms with van der Waals surface area (Å²) in [4.78, 5) is 0. The Kier molecular flexibility index (Phi) is 5.64. The van der Waals surface area contributed by atoms with E-state index < -0.39 is 21.8 Å². The number of hydrogen-bond donors (Lipinski definition) is 2. The van der Waals surface area contributed by atoms with Crippen molar-refractivity contribution in [2.75, 3.05) is 31.9 Å². The van der Waals surface area contributed by atoms with Gasteiger partial charge >= 0.3 is 10.2 Å². The molecular formula is C11H17F2N3O2S. The van der Waals surface area contributed by atoms with Gasteiger partial charge in [0.2, 0.25) is 0 Å². The number of anilines is 1. The van der Waals surface area contributed by atoms with Crippen LogP contribution in [0.25, 0.3) is 0 Å². The molecule has 0 amide bonds. The minimum atomic E-state index is -3.84. The molecule has 8 heteroatoms. The molecule has 1 aromatic carbocycles. The Balaban J connectivity index is 2.73. The van der Waals surface area contributed by atoms with Crippen molar-refractivity contribution in [3.05, 3.63) is 29.8 Å². The zero-order valence-electron chi connectivity index (χ0n) is 10.8. The van der Waals surface area contributed by atoms with E-state index in [2.05, 4.69) is 10.0 Å². The third-order valence-corrected chi connectivity index (χ3v) is 3.96. The molecule has 0 saturated heterocycles. The average molecular weight is 293 g/mol. The van der Waals surface area contributed by atoms with Crippen molar-refractivity contribution in [2.45, 2.75) is 6.42 Å². The smallest absolute Gasteiger partial charge is 0.301 e. The Morgan fingerprint density at radius 2 is 2.00 bits per heavy atom. The highest BCUT2D eigenvalue weighted by Crippen LogP contribution is 2.17. The molecule has 0 bridgehead atoms. The lowest BCUT2D eigenvalue weighted by atomic mass is 10.3. The van der Waals surface area contributed by atoms with E-state index in [9.17, 15) is 17.2 Å². The van der Waals surface area contributed by atoms with Gasteiger partial charge < -0.3 is 5.32 Å². The van der Waals surface area contributed by atoms with E-state index in [0.29, 0.717) is 25.6 Å². The molecule has 0 spiro atoms. The Labute approximate surface area is 111 Å². The van der Waals surface area contributed by atoms with Crippen LogP contribution in [0.4, 0.5) is 14.5 Å². The van der Waals surface area contributed by atoms with Crippen LogP contribution in [0.2, 0.25) is 0 Å². The number of hydrogen-bond acceptors (Lipinski definition) is 3. The van der Waals surface area contributed by atoms with E-state index >= 15 is 0 Å². The second-order valence-electron chi connectivity index (χ2n) is 4.01. The van der Waals surface area contributed by atoms with Crippen molar-refractivity contribution in [2.24, 2.45) is 0 Å². The maximum Gasteiger partial charge on any atom is 0.301 e. The van der Waals surface area contributed by atoms with Gasteiger partial charge in [-0.1, -0.05) is 0 Å². The summed E-state index contributed by atoms with van der Waals surface area (Å²) in [7, 11) is -0.683. The molecule has 0 heterocycles. The van der Waals surface area contributed by atoms with E-state index in [-0.39, 0.29) is 5.69 Å². The predicted molar refractivity (Wildman–Crippen MR) is 70.1 cm³/mol. The first kappa shape index (κ1) is 15.8. The maximum atomic E-state index is 13.4. The van der Waals surface area contributed by atoms with Gasteiger partial charge in [-0.15, -0.1) is 0 Å². The monoisotopic (exact) mass is 293 g/mol. The fourth-order valence-electron chi connectivity index (χ4n) is 1.39. The van der Waals surface area contributed by atoms with E-state index in [1.165, 1.54) is 7.05 Å². The number of nitrogens with zero attached hydrogens (tertiary/aromatic N) is 1. The SMILES string of the molecule is CNCCCN(C)S(=O)(=O)Nc1ccc(F)cc1F. The lowest BCUT2D eigenvalue weighted by molar-refractivity contribution is 0.462. The lowest BCUT2D eigenvalue weighted by Crippen LogP contribution is -2.34. The van der Waals surface area contributed by atoms with Crippen LogP contribution in [0.1, 0.15) is 6.42 Å². The Bertz CT molecular complexity index is 523. The molecular weight excluding hydrogens is 276 g/mol. The molecule has 19 heavy (non-hydrogen) atoms. The molecule has 0 aliphatic heterocycles. The summed E-state index contributed by atoms with van der Waals surface area (Å²) in [5, 5.41) is 2.90. The molecule has 0 aromatic heterocycles. The molecule has 1 aromatic rings. The quantitative estimate of drug-likeness (QED) is 0.742. The van der Waals surface area contributed by atoms with Gasteiger partial charge in [-0.3, -0.25) is 4.72 Å². The van der Waals surface area contributed by atoms with Crippen LogP contribution in [0.5, 0.6) is 0 Å². The zero-order chi connectivity index (χ0) is 14.5. The standard InChI is InChI=1S/C11H17F2N3O2S/c1-14-6-3-7-16(2)19(17,18)15-11-5-4-9(12)8-10(11)13/h4-5,8,14-15H,3,6-7H2,1-2H3. The van der Waals surface area contributed by atoms with Crippen molar-refractivity contribution < 1.29 is 17.2 Å². The summed E-state index contributed by atoms with van der Waals surface area (Å²) in [6.07, 6.45) is 0.625. The summed E-state index contributed by atoms with van der Waals surface area (Å²) in [5.41, 5.74) is -0.276. The van der Waals surface area contributed by atoms with Gasteiger partial charge in [0.25, 0.3) is 0 Å². The van der Waals surface area contributed by atoms with Crippen LogP contribution in [-0.2, 0) is 10.2 Å². The average Bonchev–Trinajstić information content (AvgIpc) is 2.33. The number of nitrogens with one attached hydrogen (secondary N) is 2. The molecule has 0 unspecified atom stereocenters. The first-order valence-electron chi connectivity index (χ1n) is 5.70. The van der Waals surface area contributed by atoms with Crippen LogP contribution in [0.3, 0.4) is 0 Å². The Morgan fingerprint density at radius 1 is 1.32 bits per heavy atom. The van der Waals surface area contributed by atoms with Gasteiger partial charge in [-0.05, 0) is 32.1 Å². The topological polar surface area (TPSA) is 61.4 Å². The van der Waals surface area contributed by atoms with Crippen molar-refractivity contribution in [3.63, 3.8) is 0 Å². The Hall–Kier alpha value is -1.25. The fraction of sp³-hybridized carbons (Fsp3) is 0.455. The highest BCUT2D eigenvalue weighted by Gasteiger charge is 2.18. The molecule has 1 rings (SSSR count). The predicted octanol–water partition coefficient (Wildman–Crippen LogP) is 1.16. The molecule has 0 radical (unpaired) electrons. The molecule has 0 saturated carbocycles. The second kappa shape index (κ2) is 6.78. The summed E-state index contributed by atoms with van der Waals surface area (Å²) in [6, 6.07) is 2.66. The summed E-state index contributed by atoms with van der Waals surface area (Å²) in [5.74, 6) is -1.71. The van der Waals surface area contributed by atoms with E-state index in [0.717, 1.165) is 16.4 Å². The molecule has 0 aliphatic rings. The van der Waals surface area contributed by atoms with Crippen molar-refractivity contribution in [1.82, 2.24) is 9.62 Å². The molecule has 108 valence electrons. The maximum absolute atomic E-state index is 13.4. The van der Waals surface area contributed by atoms with Gasteiger partial charge in [-0.2, -0.15) is 12.7 Å². The van der Waals surface area contributed by atoms with Crippen LogP contribution < -0.4 is 10.0 Å². The van der Waals surface area contributed by atoms with Crippen LogP contribution in [0.15, 0.2) is 18.2 Å². The van der Waals surface area contributed by atoms with Gasteiger partial charge in [0, 0.05) is 19.7 Å². The van der Waals surface area contributed by atoms with E-state index in [1.807, 2.05) is 0 Å². The fourth-order valence-corrected chi connectivity index (χ4v) is 2.36. The minimum Gasteiger partial charge on any atom is -0.320 e. The van der Waals surface area contributed by atoms with Crippen LogP contribution in [0, 0.1) is 11.6 Å². The molecule has 0 fully saturated rings. The van der Waals surface area contributed by atoms with Gasteiger partial charge in [0.15, 0.2) is 0 Å². The van der Waals surface area contributed by atoms with E-state index in [1.54, 1.807) is 7.05 Å². The molecule has 5 nitrogen and oxygen atoms in total. The normalized spacial score (nSPS) is 11.8. The van der Waals surface area contributed by atoms with Crippen molar-refractivity contribution in [3.8, 4) is 0 Å². The largest absolute Gasteiger partial charge is 0.320 e. The lowest BCUT2D eigenvalue weighted by Gasteiger charge is -2.18. The van der Waals surface area contributed by atoms with Gasteiger partial charge in [0.1, 0.15) is 11.6 Å². The summed E-state index contributed by atoms with van der Waals surface area (Å²) in [6.45, 7) is 0.962. The van der Waals surface area contributed by atoms with Gasteiger partial charge in [0.05, 0.1) is 5.69 Å². The zero-order valence-corrected chi connectivity index (χ0v) is 11.6. The molecule has 2 N–H and O–H groups in total. The summed E-state index contributed by atoms with van der Waals surface area (Å²) >= 11 is 0. The molecule has 0 aliphatic carbocycles. The van der Waals surface area contributed by atoms with Crippen LogP contribution >= 0.6 is 0 Å². The Morgan fingerprint density at radius 3 is 2.58 bits per heavy atom. The molecule has 0 atom stereocenters. The highest BCUT2D eigenvalue weighted by atomic mass is 32.2. The third kappa shape index (κ3) is 4.73. The number of benzene rings is 1. The van der Waals surface area contributed by atoms with Crippen molar-refractivity contribution in [1.29, 1.82) is 0 Å². The summed E-state index contributed by atoms with van der Waals surface area (Å²) < 4.78 is 52.9. The first-order valence-corrected chi connectivity index (χ1v) is 7.14. The number of halogens is 2. The van der Waals surface area contributed by atoms with Crippen molar-refractivity contribution >= 4 is 15.9 Å². The van der Waals surface area contributed by atoms with Gasteiger partial charge in [-0.25, -0.2) is 8.78 Å². The third-order valence-electron chi connectivity index (χ3n) is 2.48. The first-order chi connectivity index (χ1) is 8.86. The highest BCUT2D eigenvalue weighted by molar-refractivity contribution is 7.90. The second-order valence-corrected chi connectivity index (χ2v) is 5.79. The minimum absolute atomic E-state index is 0.276. The number of rotatable bonds is 7.